The first-order valence-electron chi connectivity index (χ1n) is 17.4. The molecule has 0 radical (unpaired) electrons. The molecule has 0 aromatic heterocycles. The van der Waals surface area contributed by atoms with Gasteiger partial charge in [-0.1, -0.05) is 30.3 Å². The summed E-state index contributed by atoms with van der Waals surface area (Å²) in [7, 11) is 1.74. The summed E-state index contributed by atoms with van der Waals surface area (Å²) < 4.78 is 11.7. The zero-order chi connectivity index (χ0) is 35.9. The van der Waals surface area contributed by atoms with Crippen molar-refractivity contribution in [2.24, 2.45) is 10.4 Å². The van der Waals surface area contributed by atoms with Crippen LogP contribution < -0.4 is 25.4 Å². The van der Waals surface area contributed by atoms with Gasteiger partial charge < -0.3 is 30.3 Å². The van der Waals surface area contributed by atoms with Crippen LogP contribution in [0.5, 0.6) is 11.5 Å². The van der Waals surface area contributed by atoms with Gasteiger partial charge in [-0.05, 0) is 73.3 Å². The monoisotopic (exact) mass is 688 g/mol. The van der Waals surface area contributed by atoms with Gasteiger partial charge in [0.05, 0.1) is 24.0 Å². The minimum absolute atomic E-state index is 0.0607. The molecule has 51 heavy (non-hydrogen) atoms. The van der Waals surface area contributed by atoms with Crippen molar-refractivity contribution in [2.75, 3.05) is 56.9 Å². The molecule has 0 unspecified atom stereocenters. The van der Waals surface area contributed by atoms with E-state index >= 15 is 0 Å². The molecule has 2 saturated heterocycles. The van der Waals surface area contributed by atoms with Gasteiger partial charge in [0.2, 0.25) is 17.6 Å². The number of ether oxygens (including phenoxy) is 2. The number of nitrogens with one attached hydrogen (secondary N) is 3. The van der Waals surface area contributed by atoms with E-state index in [-0.39, 0.29) is 29.9 Å². The number of hydrogen-bond donors (Lipinski definition) is 4. The highest BCUT2D eigenvalue weighted by Crippen LogP contribution is 2.43. The van der Waals surface area contributed by atoms with E-state index in [2.05, 4.69) is 21.3 Å². The maximum atomic E-state index is 14.0. The number of anilines is 2. The van der Waals surface area contributed by atoms with E-state index in [9.17, 15) is 9.59 Å². The maximum absolute atomic E-state index is 14.0. The minimum Gasteiger partial charge on any atom is -0.449 e. The van der Waals surface area contributed by atoms with E-state index in [0.717, 1.165) is 17.5 Å². The van der Waals surface area contributed by atoms with Crippen molar-refractivity contribution in [2.45, 2.75) is 38.9 Å². The number of benzene rings is 3. The Labute approximate surface area is 297 Å². The Balaban J connectivity index is 0.958. The summed E-state index contributed by atoms with van der Waals surface area (Å²) in [5, 5.41) is 19.9. The molecule has 1 atom stereocenters. The maximum Gasteiger partial charge on any atom is 0.246 e. The molecule has 0 aliphatic carbocycles. The molecular weight excluding hydrogens is 644 g/mol. The molecule has 4 aliphatic heterocycles. The number of aliphatic imine (C=N–C) groups is 1. The Morgan fingerprint density at radius 2 is 1.73 bits per heavy atom. The fraction of sp³-hybridized carbons (Fsp3) is 0.359. The van der Waals surface area contributed by atoms with Crippen molar-refractivity contribution in [3.8, 4) is 11.5 Å². The molecule has 12 nitrogen and oxygen atoms in total. The molecule has 12 heteroatoms. The number of amidine groups is 1. The topological polar surface area (TPSA) is 160 Å². The number of amides is 2. The van der Waals surface area contributed by atoms with Crippen LogP contribution in [-0.4, -0.2) is 91.6 Å². The summed E-state index contributed by atoms with van der Waals surface area (Å²) in [6.45, 7) is 6.96. The van der Waals surface area contributed by atoms with E-state index < -0.39 is 11.2 Å². The number of nitrogens with zero attached hydrogens (tertiary/aromatic N) is 4. The molecule has 4 aliphatic rings. The number of nitrogens with two attached hydrogens (primary N) is 1. The van der Waals surface area contributed by atoms with E-state index in [1.807, 2.05) is 66.1 Å². The van der Waals surface area contributed by atoms with E-state index in [1.165, 1.54) is 11.9 Å². The van der Waals surface area contributed by atoms with Gasteiger partial charge in [0.1, 0.15) is 0 Å². The number of nitrogen functional groups attached to an aromatic ring is 1. The molecule has 7 rings (SSSR count). The van der Waals surface area contributed by atoms with Gasteiger partial charge >= 0.3 is 0 Å². The largest absolute Gasteiger partial charge is 0.449 e. The van der Waals surface area contributed by atoms with E-state index in [0.29, 0.717) is 79.6 Å². The third kappa shape index (κ3) is 6.71. The number of rotatable bonds is 8. The van der Waals surface area contributed by atoms with Crippen molar-refractivity contribution in [1.29, 1.82) is 10.8 Å². The summed E-state index contributed by atoms with van der Waals surface area (Å²) in [5.74, 6) is 0.775. The molecule has 4 heterocycles. The van der Waals surface area contributed by atoms with Crippen LogP contribution in [0.15, 0.2) is 71.7 Å². The summed E-state index contributed by atoms with van der Waals surface area (Å²) in [6, 6.07) is 18.6. The average molecular weight is 689 g/mol. The zero-order valence-electron chi connectivity index (χ0n) is 29.3. The normalized spacial score (nSPS) is 21.1. The molecule has 264 valence electrons. The lowest BCUT2D eigenvalue weighted by atomic mass is 9.85. The van der Waals surface area contributed by atoms with Crippen molar-refractivity contribution in [3.05, 3.63) is 89.0 Å². The Hall–Kier alpha value is -5.49. The number of likely N-dealkylation sites (tertiary alicyclic amines) is 1. The van der Waals surface area contributed by atoms with Crippen molar-refractivity contribution in [1.82, 2.24) is 15.1 Å². The van der Waals surface area contributed by atoms with E-state index in [4.69, 9.17) is 26.0 Å². The van der Waals surface area contributed by atoms with Crippen LogP contribution >= 0.6 is 0 Å². The Morgan fingerprint density at radius 3 is 2.47 bits per heavy atom. The van der Waals surface area contributed by atoms with Gasteiger partial charge in [-0.2, -0.15) is 0 Å². The number of hydrogen-bond acceptors (Lipinski definition) is 8. The average Bonchev–Trinajstić information content (AvgIpc) is 3.79. The van der Waals surface area contributed by atoms with Gasteiger partial charge in [-0.25, -0.2) is 4.99 Å². The molecule has 5 N–H and O–H groups in total. The molecule has 0 bridgehead atoms. The lowest BCUT2D eigenvalue weighted by Crippen LogP contribution is -2.43. The SMILES string of the molecule is CN/C=N\C(=N)c1ccc(C2=CCN(C(=O)CN3CC[C@]4(CCN(c5ccc(N)c(C(=N)c6ccc7c(c6)OC(C)(C)O7)c5)C4=O)C3)CC2)cc1. The molecule has 3 aromatic rings. The lowest BCUT2D eigenvalue weighted by Gasteiger charge is -2.29. The fourth-order valence-electron chi connectivity index (χ4n) is 7.50. The highest BCUT2D eigenvalue weighted by molar-refractivity contribution is 6.15. The van der Waals surface area contributed by atoms with Crippen LogP contribution in [0, 0.1) is 16.2 Å². The van der Waals surface area contributed by atoms with E-state index in [1.54, 1.807) is 25.2 Å². The summed E-state index contributed by atoms with van der Waals surface area (Å²) >= 11 is 0. The summed E-state index contributed by atoms with van der Waals surface area (Å²) in [6.07, 6.45) is 5.77. The lowest BCUT2D eigenvalue weighted by molar-refractivity contribution is -0.132. The van der Waals surface area contributed by atoms with Crippen LogP contribution in [0.2, 0.25) is 0 Å². The first-order valence-corrected chi connectivity index (χ1v) is 17.4. The van der Waals surface area contributed by atoms with Crippen molar-refractivity contribution in [3.63, 3.8) is 0 Å². The standard InChI is InChI=1S/C39H44N8O4/c1-38(2)50-32-11-8-28(20-33(32)51-38)35(41)30-21-29(9-10-31(30)40)47-19-15-39(37(47)49)14-18-45(23-39)22-34(48)46-16-12-26(13-17-46)25-4-6-27(7-5-25)36(42)44-24-43-3/h4-12,20-21,24,41H,13-19,22-23,40H2,1-3H3,(H2,42,43,44)/t39-/m0/s1. The second-order valence-corrected chi connectivity index (χ2v) is 14.2. The van der Waals surface area contributed by atoms with Gasteiger partial charge in [0.25, 0.3) is 0 Å². The van der Waals surface area contributed by atoms with Crippen LogP contribution in [0.4, 0.5) is 11.4 Å². The predicted octanol–water partition coefficient (Wildman–Crippen LogP) is 4.51. The highest BCUT2D eigenvalue weighted by atomic mass is 16.7. The molecular formula is C39H44N8O4. The summed E-state index contributed by atoms with van der Waals surface area (Å²) in [4.78, 5) is 37.3. The van der Waals surface area contributed by atoms with Crippen LogP contribution in [0.3, 0.4) is 0 Å². The van der Waals surface area contributed by atoms with Crippen molar-refractivity contribution < 1.29 is 19.1 Å². The Bertz CT molecular complexity index is 1970. The fourth-order valence-corrected chi connectivity index (χ4v) is 7.50. The molecule has 3 aromatic carbocycles. The first kappa shape index (κ1) is 34.0. The zero-order valence-corrected chi connectivity index (χ0v) is 29.3. The predicted molar refractivity (Wildman–Crippen MR) is 199 cm³/mol. The number of carbonyl (C=O) groups excluding carboxylic acids is 2. The third-order valence-electron chi connectivity index (χ3n) is 10.3. The van der Waals surface area contributed by atoms with Gasteiger partial charge in [0.15, 0.2) is 17.3 Å². The Morgan fingerprint density at radius 1 is 0.980 bits per heavy atom. The minimum atomic E-state index is -0.767. The molecule has 2 fully saturated rings. The smallest absolute Gasteiger partial charge is 0.246 e. The third-order valence-corrected chi connectivity index (χ3v) is 10.3. The quantitative estimate of drug-likeness (QED) is 0.154. The van der Waals surface area contributed by atoms with Gasteiger partial charge in [-0.15, -0.1) is 0 Å². The second-order valence-electron chi connectivity index (χ2n) is 14.2. The molecule has 1 spiro atoms. The van der Waals surface area contributed by atoms with Crippen LogP contribution in [0.1, 0.15) is 55.4 Å². The highest BCUT2D eigenvalue weighted by Gasteiger charge is 2.51. The van der Waals surface area contributed by atoms with Gasteiger partial charge in [-0.3, -0.25) is 25.3 Å². The van der Waals surface area contributed by atoms with Crippen LogP contribution in [0.25, 0.3) is 5.57 Å². The first-order chi connectivity index (χ1) is 24.4. The second kappa shape index (κ2) is 13.3. The molecule has 2 amide bonds. The molecule has 0 saturated carbocycles. The number of carbonyl (C=O) groups is 2. The number of fused-ring (bicyclic) bond motifs is 1. The van der Waals surface area contributed by atoms with Crippen LogP contribution in [-0.2, 0) is 9.59 Å². The van der Waals surface area contributed by atoms with Gasteiger partial charge in [0, 0.05) is 75.1 Å². The summed E-state index contributed by atoms with van der Waals surface area (Å²) in [5.41, 5.74) is 11.4. The Kier molecular flexibility index (Phi) is 8.88. The van der Waals surface area contributed by atoms with Crippen molar-refractivity contribution >= 4 is 46.6 Å².